The van der Waals surface area contributed by atoms with Crippen molar-refractivity contribution in [3.8, 4) is 17.2 Å². The van der Waals surface area contributed by atoms with Crippen molar-refractivity contribution in [1.29, 1.82) is 0 Å². The predicted octanol–water partition coefficient (Wildman–Crippen LogP) is 4.07. The first-order valence-electron chi connectivity index (χ1n) is 6.48. The molecule has 4 nitrogen and oxygen atoms in total. The number of hydrogen-bond donors (Lipinski definition) is 1. The maximum atomic E-state index is 12.2. The summed E-state index contributed by atoms with van der Waals surface area (Å²) in [5.74, 6) is 0.919. The van der Waals surface area contributed by atoms with Gasteiger partial charge in [-0.25, -0.2) is 0 Å². The van der Waals surface area contributed by atoms with Crippen LogP contribution in [0.15, 0.2) is 46.9 Å². The van der Waals surface area contributed by atoms with Crippen LogP contribution in [0.2, 0.25) is 0 Å². The molecule has 2 aromatic carbocycles. The highest BCUT2D eigenvalue weighted by molar-refractivity contribution is 9.10. The number of ether oxygens (including phenoxy) is 2. The molecule has 0 fully saturated rings. The smallest absolute Gasteiger partial charge is 0.189 e. The predicted molar refractivity (Wildman–Crippen MR) is 88.7 cm³/mol. The van der Waals surface area contributed by atoms with Crippen molar-refractivity contribution in [3.63, 3.8) is 0 Å². The Morgan fingerprint density at radius 2 is 1.91 bits per heavy atom. The van der Waals surface area contributed by atoms with Crippen LogP contribution in [0.4, 0.5) is 0 Å². The van der Waals surface area contributed by atoms with E-state index in [4.69, 9.17) is 9.47 Å². The van der Waals surface area contributed by atoms with Crippen LogP contribution in [-0.2, 0) is 0 Å². The summed E-state index contributed by atoms with van der Waals surface area (Å²) in [6.07, 6.45) is 3.03. The Labute approximate surface area is 137 Å². The molecule has 0 radical (unpaired) electrons. The Morgan fingerprint density at radius 3 is 2.59 bits per heavy atom. The van der Waals surface area contributed by atoms with E-state index in [0.717, 1.165) is 10.0 Å². The molecule has 0 aromatic heterocycles. The van der Waals surface area contributed by atoms with Crippen molar-refractivity contribution in [2.24, 2.45) is 0 Å². The fourth-order valence-electron chi connectivity index (χ4n) is 1.92. The van der Waals surface area contributed by atoms with Crippen LogP contribution >= 0.6 is 15.9 Å². The van der Waals surface area contributed by atoms with Crippen LogP contribution in [0, 0.1) is 0 Å². The van der Waals surface area contributed by atoms with Crippen molar-refractivity contribution >= 4 is 27.8 Å². The second kappa shape index (κ2) is 7.13. The van der Waals surface area contributed by atoms with E-state index in [2.05, 4.69) is 15.9 Å². The van der Waals surface area contributed by atoms with Gasteiger partial charge in [0, 0.05) is 16.1 Å². The van der Waals surface area contributed by atoms with Crippen molar-refractivity contribution in [2.75, 3.05) is 14.2 Å². The Morgan fingerprint density at radius 1 is 1.14 bits per heavy atom. The molecule has 0 spiro atoms. The third kappa shape index (κ3) is 3.68. The lowest BCUT2D eigenvalue weighted by atomic mass is 10.1. The van der Waals surface area contributed by atoms with Gasteiger partial charge >= 0.3 is 0 Å². The van der Waals surface area contributed by atoms with E-state index in [1.165, 1.54) is 12.1 Å². The van der Waals surface area contributed by atoms with Crippen LogP contribution in [0.25, 0.3) is 6.08 Å². The maximum Gasteiger partial charge on any atom is 0.189 e. The molecule has 0 atom stereocenters. The third-order valence-corrected chi connectivity index (χ3v) is 3.57. The summed E-state index contributed by atoms with van der Waals surface area (Å²) in [5.41, 5.74) is 0.976. The maximum absolute atomic E-state index is 12.2. The lowest BCUT2D eigenvalue weighted by molar-refractivity contribution is 0.104. The number of rotatable bonds is 5. The largest absolute Gasteiger partial charge is 0.507 e. The van der Waals surface area contributed by atoms with E-state index in [9.17, 15) is 9.90 Å². The number of halogens is 1. The van der Waals surface area contributed by atoms with Crippen molar-refractivity contribution in [3.05, 3.63) is 58.1 Å². The molecule has 0 aliphatic carbocycles. The first kappa shape index (κ1) is 16.1. The zero-order valence-corrected chi connectivity index (χ0v) is 13.8. The fraction of sp³-hybridized carbons (Fsp3) is 0.118. The molecule has 114 valence electrons. The van der Waals surface area contributed by atoms with Crippen LogP contribution in [-0.4, -0.2) is 25.1 Å². The van der Waals surface area contributed by atoms with Crippen LogP contribution in [0.5, 0.6) is 17.2 Å². The van der Waals surface area contributed by atoms with Gasteiger partial charge in [-0.3, -0.25) is 4.79 Å². The van der Waals surface area contributed by atoms with Gasteiger partial charge in [-0.1, -0.05) is 15.9 Å². The standard InChI is InChI=1S/C17H15BrO4/c1-21-13-6-3-11(17(10-13)22-2)4-7-15(19)14-9-12(18)5-8-16(14)20/h3-10,20H,1-2H3. The van der Waals surface area contributed by atoms with Gasteiger partial charge in [0.05, 0.1) is 19.8 Å². The van der Waals surface area contributed by atoms with Crippen molar-refractivity contribution in [2.45, 2.75) is 0 Å². The molecule has 2 rings (SSSR count). The first-order valence-corrected chi connectivity index (χ1v) is 7.27. The van der Waals surface area contributed by atoms with Gasteiger partial charge in [0.15, 0.2) is 5.78 Å². The van der Waals surface area contributed by atoms with E-state index >= 15 is 0 Å². The zero-order valence-electron chi connectivity index (χ0n) is 12.2. The summed E-state index contributed by atoms with van der Waals surface area (Å²) in [4.78, 5) is 12.2. The number of phenols is 1. The van der Waals surface area contributed by atoms with E-state index in [1.54, 1.807) is 50.6 Å². The summed E-state index contributed by atoms with van der Waals surface area (Å²) in [6, 6.07) is 10.0. The molecule has 0 unspecified atom stereocenters. The molecular formula is C17H15BrO4. The number of carbonyl (C=O) groups is 1. The monoisotopic (exact) mass is 362 g/mol. The summed E-state index contributed by atoms with van der Waals surface area (Å²) in [6.45, 7) is 0. The van der Waals surface area contributed by atoms with Gasteiger partial charge in [0.2, 0.25) is 0 Å². The highest BCUT2D eigenvalue weighted by Gasteiger charge is 2.09. The van der Waals surface area contributed by atoms with Crippen molar-refractivity contribution in [1.82, 2.24) is 0 Å². The summed E-state index contributed by atoms with van der Waals surface area (Å²) >= 11 is 3.28. The highest BCUT2D eigenvalue weighted by atomic mass is 79.9. The van der Waals surface area contributed by atoms with Gasteiger partial charge in [0.25, 0.3) is 0 Å². The number of aromatic hydroxyl groups is 1. The van der Waals surface area contributed by atoms with E-state index in [-0.39, 0.29) is 17.1 Å². The van der Waals surface area contributed by atoms with Gasteiger partial charge in [0.1, 0.15) is 17.2 Å². The number of benzene rings is 2. The quantitative estimate of drug-likeness (QED) is 0.643. The Kier molecular flexibility index (Phi) is 5.22. The van der Waals surface area contributed by atoms with Crippen LogP contribution < -0.4 is 9.47 Å². The highest BCUT2D eigenvalue weighted by Crippen LogP contribution is 2.27. The van der Waals surface area contributed by atoms with Crippen LogP contribution in [0.1, 0.15) is 15.9 Å². The van der Waals surface area contributed by atoms with E-state index in [0.29, 0.717) is 11.5 Å². The van der Waals surface area contributed by atoms with Gasteiger partial charge in [-0.05, 0) is 42.5 Å². The number of methoxy groups -OCH3 is 2. The summed E-state index contributed by atoms with van der Waals surface area (Å²) in [7, 11) is 3.12. The fourth-order valence-corrected chi connectivity index (χ4v) is 2.28. The van der Waals surface area contributed by atoms with E-state index < -0.39 is 0 Å². The second-order valence-electron chi connectivity index (χ2n) is 4.47. The van der Waals surface area contributed by atoms with Gasteiger partial charge < -0.3 is 14.6 Å². The first-order chi connectivity index (χ1) is 10.5. The molecule has 22 heavy (non-hydrogen) atoms. The Balaban J connectivity index is 2.28. The van der Waals surface area contributed by atoms with Gasteiger partial charge in [-0.2, -0.15) is 0 Å². The third-order valence-electron chi connectivity index (χ3n) is 3.08. The molecule has 5 heteroatoms. The molecule has 0 aliphatic heterocycles. The SMILES string of the molecule is COc1ccc(C=CC(=O)c2cc(Br)ccc2O)c(OC)c1. The molecule has 0 saturated heterocycles. The minimum Gasteiger partial charge on any atom is -0.507 e. The Bertz CT molecular complexity index is 723. The topological polar surface area (TPSA) is 55.8 Å². The lowest BCUT2D eigenvalue weighted by Crippen LogP contribution is -1.95. The zero-order chi connectivity index (χ0) is 16.1. The minimum absolute atomic E-state index is 0.0560. The minimum atomic E-state index is -0.295. The van der Waals surface area contributed by atoms with Crippen LogP contribution in [0.3, 0.4) is 0 Å². The molecule has 0 amide bonds. The number of carbonyl (C=O) groups excluding carboxylic acids is 1. The van der Waals surface area contributed by atoms with Gasteiger partial charge in [-0.15, -0.1) is 0 Å². The molecule has 2 aromatic rings. The average molecular weight is 363 g/mol. The lowest BCUT2D eigenvalue weighted by Gasteiger charge is -2.07. The second-order valence-corrected chi connectivity index (χ2v) is 5.38. The Hall–Kier alpha value is -2.27. The number of hydrogen-bond acceptors (Lipinski definition) is 4. The molecule has 0 saturated carbocycles. The molecular weight excluding hydrogens is 348 g/mol. The van der Waals surface area contributed by atoms with Crippen molar-refractivity contribution < 1.29 is 19.4 Å². The summed E-state index contributed by atoms with van der Waals surface area (Å²) < 4.78 is 11.1. The molecule has 0 aliphatic rings. The number of ketones is 1. The average Bonchev–Trinajstić information content (AvgIpc) is 2.54. The normalized spacial score (nSPS) is 10.7. The number of allylic oxidation sites excluding steroid dienone is 1. The van der Waals surface area contributed by atoms with E-state index in [1.807, 2.05) is 0 Å². The molecule has 1 N–H and O–H groups in total. The molecule has 0 bridgehead atoms. The number of phenolic OH excluding ortho intramolecular Hbond substituents is 1. The summed E-state index contributed by atoms with van der Waals surface area (Å²) in [5, 5.41) is 9.75. The molecule has 0 heterocycles.